The summed E-state index contributed by atoms with van der Waals surface area (Å²) in [4.78, 5) is 9.84. The number of benzene rings is 1. The fourth-order valence-corrected chi connectivity index (χ4v) is 1.54. The number of nitro groups is 1. The molecule has 17 heavy (non-hydrogen) atoms. The van der Waals surface area contributed by atoms with Crippen LogP contribution in [0, 0.1) is 10.1 Å². The van der Waals surface area contributed by atoms with Crippen molar-refractivity contribution in [2.24, 2.45) is 0 Å². The summed E-state index contributed by atoms with van der Waals surface area (Å²) >= 11 is 4.02. The van der Waals surface area contributed by atoms with Gasteiger partial charge in [0, 0.05) is 12.1 Å². The summed E-state index contributed by atoms with van der Waals surface area (Å²) in [6.07, 6.45) is 0.327. The van der Waals surface area contributed by atoms with E-state index in [1.165, 1.54) is 24.3 Å². The Morgan fingerprint density at radius 2 is 1.88 bits per heavy atom. The number of nitrogens with zero attached hydrogens (tertiary/aromatic N) is 1. The summed E-state index contributed by atoms with van der Waals surface area (Å²) in [5, 5.41) is 10.3. The summed E-state index contributed by atoms with van der Waals surface area (Å²) in [6.45, 7) is -0.0658. The summed E-state index contributed by atoms with van der Waals surface area (Å²) in [6, 6.07) is 5.77. The summed E-state index contributed by atoms with van der Waals surface area (Å²) < 4.78 is 25.3. The van der Waals surface area contributed by atoms with E-state index in [9.17, 15) is 18.9 Å². The van der Waals surface area contributed by atoms with Gasteiger partial charge in [-0.1, -0.05) is 12.1 Å². The molecule has 0 aliphatic carbocycles. The molecule has 0 aliphatic rings. The van der Waals surface area contributed by atoms with Crippen molar-refractivity contribution in [2.75, 3.05) is 6.61 Å². The average molecular weight is 285 g/mol. The van der Waals surface area contributed by atoms with Crippen molar-refractivity contribution < 1.29 is 47.4 Å². The van der Waals surface area contributed by atoms with Crippen molar-refractivity contribution in [2.45, 2.75) is 6.42 Å². The van der Waals surface area contributed by atoms with Crippen molar-refractivity contribution in [1.82, 2.24) is 0 Å². The zero-order valence-electron chi connectivity index (χ0n) is 9.03. The molecule has 0 heterocycles. The van der Waals surface area contributed by atoms with Gasteiger partial charge in [-0.25, -0.2) is 4.21 Å². The van der Waals surface area contributed by atoms with Gasteiger partial charge in [-0.2, -0.15) is 0 Å². The molecule has 6 nitrogen and oxygen atoms in total. The van der Waals surface area contributed by atoms with Crippen LogP contribution >= 0.6 is 0 Å². The number of hydrogen-bond donors (Lipinski definition) is 0. The minimum absolute atomic E-state index is 0. The molecule has 0 aromatic heterocycles. The second-order valence-corrected chi connectivity index (χ2v) is 5.18. The molecule has 0 saturated heterocycles. The van der Waals surface area contributed by atoms with Gasteiger partial charge >= 0.3 is 29.6 Å². The molecule has 0 saturated carbocycles. The fraction of sp³-hybridized carbons (Fsp3) is 0.250. The van der Waals surface area contributed by atoms with Gasteiger partial charge in [0.05, 0.1) is 20.6 Å². The van der Waals surface area contributed by atoms with Crippen LogP contribution in [0.1, 0.15) is 5.56 Å². The molecule has 0 fully saturated rings. The van der Waals surface area contributed by atoms with Crippen LogP contribution in [0.25, 0.3) is 0 Å². The standard InChI is InChI=1S/C8H9NO5S2.Na/c10-9(11)8-3-1-7(2-4-8)5-6-14-16(12,13)15;/h1-4H,5-6H2,(H,12,13,15);/q;+1/p-1. The predicted molar refractivity (Wildman–Crippen MR) is 59.0 cm³/mol. The molecular formula is C8H8NNaO5S2. The summed E-state index contributed by atoms with van der Waals surface area (Å²) in [5.41, 5.74) is 0.727. The van der Waals surface area contributed by atoms with E-state index >= 15 is 0 Å². The van der Waals surface area contributed by atoms with Gasteiger partial charge in [-0.15, -0.1) is 0 Å². The predicted octanol–water partition coefficient (Wildman–Crippen LogP) is -2.05. The molecule has 1 aromatic rings. The molecule has 0 aliphatic heterocycles. The van der Waals surface area contributed by atoms with Crippen molar-refractivity contribution in [3.8, 4) is 0 Å². The number of non-ortho nitro benzene ring substituents is 1. The molecule has 9 heteroatoms. The zero-order chi connectivity index (χ0) is 12.2. The first kappa shape index (κ1) is 16.9. The Balaban J connectivity index is 0.00000256. The smallest absolute Gasteiger partial charge is 0.748 e. The summed E-state index contributed by atoms with van der Waals surface area (Å²) in [5.74, 6) is 0. The first-order valence-corrected chi connectivity index (χ1v) is 6.55. The third-order valence-electron chi connectivity index (χ3n) is 1.77. The number of rotatable bonds is 5. The third-order valence-corrected chi connectivity index (χ3v) is 2.51. The second kappa shape index (κ2) is 7.37. The maximum absolute atomic E-state index is 10.5. The first-order valence-electron chi connectivity index (χ1n) is 4.22. The van der Waals surface area contributed by atoms with E-state index in [1.54, 1.807) is 0 Å². The molecule has 0 spiro atoms. The second-order valence-electron chi connectivity index (χ2n) is 2.90. The Morgan fingerprint density at radius 3 is 2.29 bits per heavy atom. The number of hydrogen-bond acceptors (Lipinski definition) is 6. The SMILES string of the molecule is O=[N+]([O-])c1ccc(CCOS(=O)([O-])=S)cc1.[Na+]. The Morgan fingerprint density at radius 1 is 1.35 bits per heavy atom. The maximum atomic E-state index is 10.5. The van der Waals surface area contributed by atoms with E-state index < -0.39 is 14.0 Å². The molecule has 0 bridgehead atoms. The Labute approximate surface area is 126 Å². The molecule has 0 amide bonds. The first-order chi connectivity index (χ1) is 7.38. The topological polar surface area (TPSA) is 92.5 Å². The Bertz CT molecular complexity index is 473. The van der Waals surface area contributed by atoms with Gasteiger partial charge in [0.1, 0.15) is 0 Å². The van der Waals surface area contributed by atoms with Gasteiger partial charge in [0.25, 0.3) is 5.69 Å². The molecule has 1 aromatic carbocycles. The molecule has 1 atom stereocenters. The van der Waals surface area contributed by atoms with E-state index in [0.717, 1.165) is 5.56 Å². The van der Waals surface area contributed by atoms with E-state index in [1.807, 2.05) is 0 Å². The monoisotopic (exact) mass is 285 g/mol. The van der Waals surface area contributed by atoms with Crippen LogP contribution in [0.15, 0.2) is 24.3 Å². The maximum Gasteiger partial charge on any atom is 1.00 e. The van der Waals surface area contributed by atoms with Crippen LogP contribution in [0.5, 0.6) is 0 Å². The number of nitro benzene ring substituents is 1. The molecule has 0 radical (unpaired) electrons. The average Bonchev–Trinajstić information content (AvgIpc) is 2.16. The molecule has 0 N–H and O–H groups in total. The van der Waals surface area contributed by atoms with Crippen LogP contribution in [-0.4, -0.2) is 20.3 Å². The minimum atomic E-state index is -3.84. The Kier molecular flexibility index (Phi) is 7.33. The largest absolute Gasteiger partial charge is 1.00 e. The van der Waals surface area contributed by atoms with E-state index in [4.69, 9.17) is 0 Å². The molecular weight excluding hydrogens is 277 g/mol. The minimum Gasteiger partial charge on any atom is -0.748 e. The van der Waals surface area contributed by atoms with Crippen LogP contribution < -0.4 is 29.6 Å². The van der Waals surface area contributed by atoms with Gasteiger partial charge in [0.15, 0.2) is 0 Å². The molecule has 88 valence electrons. The van der Waals surface area contributed by atoms with Crippen molar-refractivity contribution >= 4 is 25.9 Å². The third kappa shape index (κ3) is 7.04. The van der Waals surface area contributed by atoms with Crippen molar-refractivity contribution in [3.63, 3.8) is 0 Å². The van der Waals surface area contributed by atoms with Gasteiger partial charge < -0.3 is 4.55 Å². The zero-order valence-corrected chi connectivity index (χ0v) is 12.7. The summed E-state index contributed by atoms with van der Waals surface area (Å²) in [7, 11) is -3.84. The molecule has 1 unspecified atom stereocenters. The van der Waals surface area contributed by atoms with E-state index in [-0.39, 0.29) is 41.9 Å². The van der Waals surface area contributed by atoms with Gasteiger partial charge in [-0.05, 0) is 23.2 Å². The van der Waals surface area contributed by atoms with Crippen LogP contribution in [0.3, 0.4) is 0 Å². The van der Waals surface area contributed by atoms with E-state index in [2.05, 4.69) is 15.4 Å². The quantitative estimate of drug-likeness (QED) is 0.351. The Hall–Kier alpha value is -0.0900. The van der Waals surface area contributed by atoms with Crippen LogP contribution in [0.4, 0.5) is 5.69 Å². The van der Waals surface area contributed by atoms with Crippen LogP contribution in [-0.2, 0) is 30.8 Å². The van der Waals surface area contributed by atoms with Crippen molar-refractivity contribution in [3.05, 3.63) is 39.9 Å². The van der Waals surface area contributed by atoms with Gasteiger partial charge in [0.2, 0.25) is 0 Å². The van der Waals surface area contributed by atoms with Gasteiger partial charge in [-0.3, -0.25) is 14.3 Å². The van der Waals surface area contributed by atoms with Crippen LogP contribution in [0.2, 0.25) is 0 Å². The van der Waals surface area contributed by atoms with E-state index in [0.29, 0.717) is 6.42 Å². The molecule has 1 rings (SSSR count). The van der Waals surface area contributed by atoms with Crippen molar-refractivity contribution in [1.29, 1.82) is 0 Å². The normalized spacial score (nSPS) is 13.5. The fourth-order valence-electron chi connectivity index (χ4n) is 1.05.